The summed E-state index contributed by atoms with van der Waals surface area (Å²) in [5.41, 5.74) is 10.9. The van der Waals surface area contributed by atoms with E-state index < -0.39 is 0 Å². The predicted molar refractivity (Wildman–Crippen MR) is 49.4 cm³/mol. The molecule has 0 atom stereocenters. The van der Waals surface area contributed by atoms with Crippen molar-refractivity contribution < 1.29 is 0 Å². The molecule has 1 aromatic rings. The van der Waals surface area contributed by atoms with Crippen molar-refractivity contribution >= 4 is 5.69 Å². The van der Waals surface area contributed by atoms with Gasteiger partial charge in [0, 0.05) is 4.91 Å². The number of aryl methyl sites for hydroxylation is 2. The summed E-state index contributed by atoms with van der Waals surface area (Å²) in [5.74, 6) is 0. The van der Waals surface area contributed by atoms with E-state index in [1.165, 1.54) is 0 Å². The van der Waals surface area contributed by atoms with Gasteiger partial charge in [0.05, 0.1) is 17.3 Å². The Morgan fingerprint density at radius 1 is 1.46 bits per heavy atom. The van der Waals surface area contributed by atoms with Crippen LogP contribution in [0.5, 0.6) is 0 Å². The third kappa shape index (κ3) is 1.78. The van der Waals surface area contributed by atoms with Crippen LogP contribution in [-0.2, 0) is 0 Å². The molecule has 0 aliphatic rings. The standard InChI is InChI=1S/C9H8N4/c1-6-3-7(2)8(5-10)9(4-6)12-13-11/h3-4H,1-2H3. The molecule has 0 heterocycles. The van der Waals surface area contributed by atoms with Crippen LogP contribution < -0.4 is 0 Å². The number of nitriles is 1. The number of hydrogen-bond acceptors (Lipinski definition) is 2. The van der Waals surface area contributed by atoms with Crippen molar-refractivity contribution in [1.82, 2.24) is 0 Å². The number of azide groups is 1. The number of hydrogen-bond donors (Lipinski definition) is 0. The second kappa shape index (κ2) is 3.61. The zero-order valence-corrected chi connectivity index (χ0v) is 7.44. The van der Waals surface area contributed by atoms with Gasteiger partial charge in [-0.25, -0.2) is 0 Å². The van der Waals surface area contributed by atoms with Gasteiger partial charge in [-0.1, -0.05) is 16.7 Å². The van der Waals surface area contributed by atoms with Gasteiger partial charge < -0.3 is 0 Å². The Kier molecular flexibility index (Phi) is 2.53. The molecule has 0 saturated heterocycles. The van der Waals surface area contributed by atoms with Crippen molar-refractivity contribution in [2.45, 2.75) is 13.8 Å². The Balaban J connectivity index is 3.49. The summed E-state index contributed by atoms with van der Waals surface area (Å²) in [7, 11) is 0. The Hall–Kier alpha value is -1.98. The molecule has 0 amide bonds. The second-order valence-electron chi connectivity index (χ2n) is 2.78. The lowest BCUT2D eigenvalue weighted by atomic mass is 10.0. The molecule has 4 nitrogen and oxygen atoms in total. The zero-order chi connectivity index (χ0) is 9.84. The molecule has 0 fully saturated rings. The van der Waals surface area contributed by atoms with E-state index in [4.69, 9.17) is 10.8 Å². The number of nitrogens with zero attached hydrogens (tertiary/aromatic N) is 4. The van der Waals surface area contributed by atoms with Crippen LogP contribution >= 0.6 is 0 Å². The maximum absolute atomic E-state index is 8.78. The molecular formula is C9H8N4. The summed E-state index contributed by atoms with van der Waals surface area (Å²) in [5, 5.41) is 12.2. The quantitative estimate of drug-likeness (QED) is 0.364. The first-order valence-corrected chi connectivity index (χ1v) is 3.75. The molecule has 0 aliphatic carbocycles. The van der Waals surface area contributed by atoms with Crippen LogP contribution in [0.1, 0.15) is 16.7 Å². The maximum atomic E-state index is 8.78. The van der Waals surface area contributed by atoms with E-state index in [0.29, 0.717) is 11.3 Å². The molecule has 1 aromatic carbocycles. The zero-order valence-electron chi connectivity index (χ0n) is 7.44. The lowest BCUT2D eigenvalue weighted by Gasteiger charge is -2.02. The predicted octanol–water partition coefficient (Wildman–Crippen LogP) is 3.12. The highest BCUT2D eigenvalue weighted by molar-refractivity contribution is 5.58. The van der Waals surface area contributed by atoms with Gasteiger partial charge in [0.15, 0.2) is 0 Å². The largest absolute Gasteiger partial charge is 0.192 e. The Bertz CT molecular complexity index is 422. The summed E-state index contributed by atoms with van der Waals surface area (Å²) >= 11 is 0. The van der Waals surface area contributed by atoms with Crippen LogP contribution in [0.2, 0.25) is 0 Å². The highest BCUT2D eigenvalue weighted by Gasteiger charge is 2.03. The molecular weight excluding hydrogens is 164 g/mol. The van der Waals surface area contributed by atoms with Gasteiger partial charge in [0.1, 0.15) is 0 Å². The molecule has 0 radical (unpaired) electrons. The van der Waals surface area contributed by atoms with E-state index in [1.807, 2.05) is 26.0 Å². The molecule has 0 spiro atoms. The highest BCUT2D eigenvalue weighted by Crippen LogP contribution is 2.23. The topological polar surface area (TPSA) is 72.5 Å². The summed E-state index contributed by atoms with van der Waals surface area (Å²) in [6.07, 6.45) is 0. The maximum Gasteiger partial charge on any atom is 0.0999 e. The van der Waals surface area contributed by atoms with Crippen molar-refractivity contribution in [2.75, 3.05) is 0 Å². The van der Waals surface area contributed by atoms with E-state index in [1.54, 1.807) is 6.07 Å². The SMILES string of the molecule is Cc1cc(C)c(C#N)c(N=[N+]=[N-])c1. The van der Waals surface area contributed by atoms with Crippen LogP contribution in [0.15, 0.2) is 17.2 Å². The normalized spacial score (nSPS) is 8.69. The molecule has 0 unspecified atom stereocenters. The molecule has 0 aliphatic heterocycles. The molecule has 0 saturated carbocycles. The van der Waals surface area contributed by atoms with Gasteiger partial charge in [-0.15, -0.1) is 0 Å². The lowest BCUT2D eigenvalue weighted by molar-refractivity contribution is 1.31. The van der Waals surface area contributed by atoms with Gasteiger partial charge in [-0.3, -0.25) is 0 Å². The molecule has 1 rings (SSSR count). The van der Waals surface area contributed by atoms with E-state index in [9.17, 15) is 0 Å². The Morgan fingerprint density at radius 3 is 2.69 bits per heavy atom. The minimum atomic E-state index is 0.405. The first kappa shape index (κ1) is 9.11. The van der Waals surface area contributed by atoms with E-state index >= 15 is 0 Å². The molecule has 0 aromatic heterocycles. The van der Waals surface area contributed by atoms with Crippen LogP contribution in [0.25, 0.3) is 10.4 Å². The first-order chi connectivity index (χ1) is 6.19. The van der Waals surface area contributed by atoms with Crippen molar-refractivity contribution in [1.29, 1.82) is 5.26 Å². The van der Waals surface area contributed by atoms with Gasteiger partial charge in [-0.05, 0) is 31.0 Å². The monoisotopic (exact) mass is 172 g/mol. The molecule has 0 N–H and O–H groups in total. The molecule has 4 heteroatoms. The second-order valence-corrected chi connectivity index (χ2v) is 2.78. The number of rotatable bonds is 1. The Labute approximate surface area is 76.1 Å². The fourth-order valence-electron chi connectivity index (χ4n) is 1.22. The van der Waals surface area contributed by atoms with Gasteiger partial charge in [0.25, 0.3) is 0 Å². The van der Waals surface area contributed by atoms with Crippen molar-refractivity contribution in [3.05, 3.63) is 39.3 Å². The van der Waals surface area contributed by atoms with Crippen molar-refractivity contribution in [3.63, 3.8) is 0 Å². The fraction of sp³-hybridized carbons (Fsp3) is 0.222. The minimum absolute atomic E-state index is 0.405. The van der Waals surface area contributed by atoms with Gasteiger partial charge in [-0.2, -0.15) is 5.26 Å². The van der Waals surface area contributed by atoms with E-state index in [2.05, 4.69) is 10.0 Å². The lowest BCUT2D eigenvalue weighted by Crippen LogP contribution is -1.84. The van der Waals surface area contributed by atoms with Crippen LogP contribution in [-0.4, -0.2) is 0 Å². The highest BCUT2D eigenvalue weighted by atomic mass is 15.1. The molecule has 0 bridgehead atoms. The minimum Gasteiger partial charge on any atom is -0.192 e. The summed E-state index contributed by atoms with van der Waals surface area (Å²) in [6, 6.07) is 5.59. The first-order valence-electron chi connectivity index (χ1n) is 3.75. The van der Waals surface area contributed by atoms with E-state index in [-0.39, 0.29) is 0 Å². The average Bonchev–Trinajstić information content (AvgIpc) is 2.04. The molecule has 13 heavy (non-hydrogen) atoms. The van der Waals surface area contributed by atoms with Crippen LogP contribution in [0, 0.1) is 25.2 Å². The number of benzene rings is 1. The third-order valence-corrected chi connectivity index (χ3v) is 1.72. The summed E-state index contributed by atoms with van der Waals surface area (Å²) in [6.45, 7) is 3.71. The fourth-order valence-corrected chi connectivity index (χ4v) is 1.22. The van der Waals surface area contributed by atoms with Crippen LogP contribution in [0.3, 0.4) is 0 Å². The third-order valence-electron chi connectivity index (χ3n) is 1.72. The van der Waals surface area contributed by atoms with Crippen LogP contribution in [0.4, 0.5) is 5.69 Å². The van der Waals surface area contributed by atoms with Gasteiger partial charge in [0.2, 0.25) is 0 Å². The van der Waals surface area contributed by atoms with Crippen molar-refractivity contribution in [2.24, 2.45) is 5.11 Å². The summed E-state index contributed by atoms with van der Waals surface area (Å²) < 4.78 is 0. The molecule has 64 valence electrons. The van der Waals surface area contributed by atoms with E-state index in [0.717, 1.165) is 11.1 Å². The average molecular weight is 172 g/mol. The summed E-state index contributed by atoms with van der Waals surface area (Å²) in [4.78, 5) is 2.67. The Morgan fingerprint density at radius 2 is 2.15 bits per heavy atom. The van der Waals surface area contributed by atoms with Gasteiger partial charge >= 0.3 is 0 Å². The van der Waals surface area contributed by atoms with Crippen molar-refractivity contribution in [3.8, 4) is 6.07 Å². The smallest absolute Gasteiger partial charge is 0.0999 e.